The molecule has 0 saturated heterocycles. The minimum Gasteiger partial charge on any atom is -0.464 e. The first kappa shape index (κ1) is 35.1. The van der Waals surface area contributed by atoms with Crippen molar-refractivity contribution in [2.75, 3.05) is 17.2 Å². The van der Waals surface area contributed by atoms with Gasteiger partial charge in [-0.05, 0) is 43.2 Å². The lowest BCUT2D eigenvalue weighted by Crippen LogP contribution is -2.47. The highest BCUT2D eigenvalue weighted by atomic mass is 19.4. The van der Waals surface area contributed by atoms with Crippen molar-refractivity contribution in [2.45, 2.75) is 45.1 Å². The van der Waals surface area contributed by atoms with Crippen LogP contribution in [0.4, 0.5) is 24.8 Å². The molecule has 1 aromatic heterocycles. The first-order valence-corrected chi connectivity index (χ1v) is 15.2. The Morgan fingerprint density at radius 3 is 2.32 bits per heavy atom. The maximum absolute atomic E-state index is 14.6. The van der Waals surface area contributed by atoms with Gasteiger partial charge in [-0.2, -0.15) is 18.2 Å². The van der Waals surface area contributed by atoms with Crippen molar-refractivity contribution in [1.29, 1.82) is 0 Å². The number of aromatic nitrogens is 2. The van der Waals surface area contributed by atoms with Gasteiger partial charge in [0.05, 0.1) is 24.2 Å². The number of rotatable bonds is 8. The molecule has 1 aliphatic rings. The van der Waals surface area contributed by atoms with Gasteiger partial charge in [-0.3, -0.25) is 14.4 Å². The molecule has 4 aromatic rings. The summed E-state index contributed by atoms with van der Waals surface area (Å²) in [6, 6.07) is 21.1. The fourth-order valence-electron chi connectivity index (χ4n) is 5.41. The van der Waals surface area contributed by atoms with Gasteiger partial charge in [0.2, 0.25) is 11.8 Å². The summed E-state index contributed by atoms with van der Waals surface area (Å²) < 4.78 is 48.1. The first-order chi connectivity index (χ1) is 23.8. The van der Waals surface area contributed by atoms with Crippen LogP contribution in [-0.4, -0.2) is 57.4 Å². The number of nitrogen functional groups attached to an aromatic ring is 1. The number of halogens is 3. The second kappa shape index (κ2) is 14.9. The topological polar surface area (TPSA) is 145 Å². The monoisotopic (exact) mass is 685 g/mol. The Morgan fingerprint density at radius 2 is 1.66 bits per heavy atom. The van der Waals surface area contributed by atoms with E-state index in [0.29, 0.717) is 16.8 Å². The van der Waals surface area contributed by atoms with E-state index in [1.54, 1.807) is 67.6 Å². The van der Waals surface area contributed by atoms with E-state index in [1.807, 2.05) is 18.2 Å². The smallest absolute Gasteiger partial charge is 0.464 e. The first-order valence-electron chi connectivity index (χ1n) is 15.2. The molecule has 2 N–H and O–H groups in total. The summed E-state index contributed by atoms with van der Waals surface area (Å²) in [5.41, 5.74) is 8.10. The number of carbonyl (C=O) groups excluding carboxylic acids is 4. The SMILES string of the molecule is Cc1cc(OCC#Cc2ccc3c(c2)C(=O)N(C(C)CC(=O)OC(=O)C(F)(F)F)C(c2ccccc2)C(=O)N3Cc2ccccc2)nc(N)n1. The maximum atomic E-state index is 14.6. The predicted octanol–water partition coefficient (Wildman–Crippen LogP) is 4.94. The molecule has 0 fully saturated rings. The number of hydrogen-bond acceptors (Lipinski definition) is 9. The molecule has 14 heteroatoms. The summed E-state index contributed by atoms with van der Waals surface area (Å²) in [4.78, 5) is 63.6. The highest BCUT2D eigenvalue weighted by Gasteiger charge is 2.45. The number of nitrogens with two attached hydrogens (primary N) is 1. The van der Waals surface area contributed by atoms with Gasteiger partial charge in [-0.1, -0.05) is 72.5 Å². The number of nitrogens with zero attached hydrogens (tertiary/aromatic N) is 4. The average molecular weight is 686 g/mol. The lowest BCUT2D eigenvalue weighted by Gasteiger charge is -2.35. The van der Waals surface area contributed by atoms with Crippen LogP contribution in [0.1, 0.15) is 52.1 Å². The zero-order valence-corrected chi connectivity index (χ0v) is 26.8. The van der Waals surface area contributed by atoms with Crippen molar-refractivity contribution in [3.8, 4) is 17.7 Å². The minimum atomic E-state index is -5.40. The van der Waals surface area contributed by atoms with Crippen molar-refractivity contribution < 1.29 is 41.8 Å². The number of ether oxygens (including phenoxy) is 2. The van der Waals surface area contributed by atoms with E-state index in [-0.39, 0.29) is 36.2 Å². The van der Waals surface area contributed by atoms with Crippen LogP contribution in [0.2, 0.25) is 0 Å². The number of benzene rings is 3. The molecular formula is C36H30F3N5O6. The Hall–Kier alpha value is -6.23. The molecular weight excluding hydrogens is 655 g/mol. The van der Waals surface area contributed by atoms with Crippen LogP contribution < -0.4 is 15.4 Å². The molecule has 0 saturated carbocycles. The van der Waals surface area contributed by atoms with Crippen LogP contribution in [0.15, 0.2) is 84.9 Å². The number of alkyl halides is 3. The summed E-state index contributed by atoms with van der Waals surface area (Å²) in [5, 5.41) is 0. The zero-order chi connectivity index (χ0) is 36.0. The fourth-order valence-corrected chi connectivity index (χ4v) is 5.41. The molecule has 3 aromatic carbocycles. The number of aryl methyl sites for hydroxylation is 1. The van der Waals surface area contributed by atoms with Crippen LogP contribution in [0.5, 0.6) is 5.88 Å². The summed E-state index contributed by atoms with van der Waals surface area (Å²) >= 11 is 0. The third-order valence-electron chi connectivity index (χ3n) is 7.58. The molecule has 0 aliphatic carbocycles. The van der Waals surface area contributed by atoms with Crippen molar-refractivity contribution >= 4 is 35.4 Å². The molecule has 2 unspecified atom stereocenters. The summed E-state index contributed by atoms with van der Waals surface area (Å²) in [6.45, 7) is 3.09. The number of amides is 2. The largest absolute Gasteiger partial charge is 0.491 e. The number of anilines is 2. The predicted molar refractivity (Wildman–Crippen MR) is 174 cm³/mol. The van der Waals surface area contributed by atoms with E-state index in [0.717, 1.165) is 10.5 Å². The lowest BCUT2D eigenvalue weighted by atomic mass is 10.0. The number of esters is 2. The highest BCUT2D eigenvalue weighted by Crippen LogP contribution is 2.38. The van der Waals surface area contributed by atoms with Crippen molar-refractivity contribution in [3.05, 3.63) is 113 Å². The third kappa shape index (κ3) is 8.24. The Morgan fingerprint density at radius 1 is 0.980 bits per heavy atom. The lowest BCUT2D eigenvalue weighted by molar-refractivity contribution is -0.202. The van der Waals surface area contributed by atoms with E-state index in [2.05, 4.69) is 26.5 Å². The van der Waals surface area contributed by atoms with E-state index >= 15 is 0 Å². The molecule has 5 rings (SSSR count). The van der Waals surface area contributed by atoms with Crippen LogP contribution >= 0.6 is 0 Å². The Balaban J connectivity index is 1.55. The zero-order valence-electron chi connectivity index (χ0n) is 26.8. The number of carbonyl (C=O) groups is 4. The second-order valence-corrected chi connectivity index (χ2v) is 11.3. The van der Waals surface area contributed by atoms with Crippen LogP contribution in [0.25, 0.3) is 0 Å². The van der Waals surface area contributed by atoms with Gasteiger partial charge >= 0.3 is 18.1 Å². The molecule has 2 heterocycles. The van der Waals surface area contributed by atoms with Crippen molar-refractivity contribution in [3.63, 3.8) is 0 Å². The standard InChI is InChI=1S/C36H30F3N5O6/c1-22-18-29(42-35(40)41-22)49-17-9-12-24-15-16-28-27(20-24)32(46)44(23(2)19-30(45)50-34(48)36(37,38)39)31(26-13-7-4-8-14-26)33(47)43(28)21-25-10-5-3-6-11-25/h3-8,10-11,13-16,18,20,23,31H,17,19,21H2,1-2H3,(H2,40,41,42). The molecule has 0 radical (unpaired) electrons. The third-order valence-corrected chi connectivity index (χ3v) is 7.58. The van der Waals surface area contributed by atoms with Gasteiger partial charge in [-0.15, -0.1) is 0 Å². The molecule has 2 atom stereocenters. The van der Waals surface area contributed by atoms with Crippen LogP contribution in [0, 0.1) is 18.8 Å². The molecule has 256 valence electrons. The maximum Gasteiger partial charge on any atom is 0.491 e. The summed E-state index contributed by atoms with van der Waals surface area (Å²) in [5.74, 6) is 0.601. The van der Waals surface area contributed by atoms with Gasteiger partial charge in [-0.25, -0.2) is 9.78 Å². The van der Waals surface area contributed by atoms with Gasteiger partial charge < -0.3 is 25.0 Å². The van der Waals surface area contributed by atoms with Crippen molar-refractivity contribution in [2.24, 2.45) is 0 Å². The number of hydrogen-bond donors (Lipinski definition) is 1. The van der Waals surface area contributed by atoms with E-state index in [4.69, 9.17) is 10.5 Å². The highest BCUT2D eigenvalue weighted by molar-refractivity contribution is 6.11. The average Bonchev–Trinajstić information content (AvgIpc) is 3.15. The van der Waals surface area contributed by atoms with Gasteiger partial charge in [0.1, 0.15) is 6.04 Å². The molecule has 0 bridgehead atoms. The number of fused-ring (bicyclic) bond motifs is 1. The Kier molecular flexibility index (Phi) is 10.5. The van der Waals surface area contributed by atoms with E-state index in [9.17, 15) is 32.3 Å². The second-order valence-electron chi connectivity index (χ2n) is 11.3. The molecule has 11 nitrogen and oxygen atoms in total. The molecule has 2 amide bonds. The van der Waals surface area contributed by atoms with Gasteiger partial charge in [0.15, 0.2) is 6.61 Å². The Labute approximate surface area is 284 Å². The Bertz CT molecular complexity index is 1960. The summed E-state index contributed by atoms with van der Waals surface area (Å²) in [6.07, 6.45) is -6.22. The van der Waals surface area contributed by atoms with Crippen LogP contribution in [-0.2, 0) is 25.7 Å². The fraction of sp³-hybridized carbons (Fsp3) is 0.222. The summed E-state index contributed by atoms with van der Waals surface area (Å²) in [7, 11) is 0. The quantitative estimate of drug-likeness (QED) is 0.155. The van der Waals surface area contributed by atoms with Gasteiger partial charge in [0.25, 0.3) is 11.8 Å². The van der Waals surface area contributed by atoms with Crippen LogP contribution in [0.3, 0.4) is 0 Å². The molecule has 50 heavy (non-hydrogen) atoms. The van der Waals surface area contributed by atoms with E-state index < -0.39 is 48.4 Å². The van der Waals surface area contributed by atoms with Gasteiger partial charge in [0, 0.05) is 23.4 Å². The normalized spacial score (nSPS) is 14.9. The molecule has 1 aliphatic heterocycles. The molecule has 0 spiro atoms. The van der Waals surface area contributed by atoms with E-state index in [1.165, 1.54) is 17.9 Å². The minimum absolute atomic E-state index is 0.0413. The van der Waals surface area contributed by atoms with Crippen molar-refractivity contribution in [1.82, 2.24) is 14.9 Å².